The maximum atomic E-state index is 15.1. The molecule has 16 nitrogen and oxygen atoms in total. The summed E-state index contributed by atoms with van der Waals surface area (Å²) in [7, 11) is -1.79. The van der Waals surface area contributed by atoms with Crippen molar-refractivity contribution in [3.8, 4) is 23.4 Å². The van der Waals surface area contributed by atoms with Crippen molar-refractivity contribution in [1.29, 1.82) is 5.26 Å². The molecule has 6 aromatic rings. The summed E-state index contributed by atoms with van der Waals surface area (Å²) in [6.07, 6.45) is -0.0681. The van der Waals surface area contributed by atoms with E-state index in [1.54, 1.807) is 37.2 Å². The first-order chi connectivity index (χ1) is 34.4. The summed E-state index contributed by atoms with van der Waals surface area (Å²) in [6.45, 7) is 20.4. The summed E-state index contributed by atoms with van der Waals surface area (Å²) < 4.78 is 55.9. The SMILES string of the molecule is CCOP(O[C@@H]1[C@H](O[Si](C)(C)C(C)(C)C)[C@@H](C(OC(=O)COc2ccccc2)C(c2ccccc2)(c2ccc(OC)cc2)c2ccc(OC)cc2)O[C@H]1n1cnc2c(N)ncnc21)[N+](C#N)(C(C)C)C(C)C. The number of aromatic nitrogens is 4. The first kappa shape index (κ1) is 53.8. The first-order valence-electron chi connectivity index (χ1n) is 24.3. The molecule has 382 valence electrons. The van der Waals surface area contributed by atoms with E-state index in [0.717, 1.165) is 16.7 Å². The number of fused-ring (bicyclic) bond motifs is 1. The topological polar surface area (TPSA) is 184 Å². The summed E-state index contributed by atoms with van der Waals surface area (Å²) in [5.74, 6) is 1.23. The van der Waals surface area contributed by atoms with Crippen molar-refractivity contribution in [2.75, 3.05) is 33.2 Å². The van der Waals surface area contributed by atoms with E-state index in [1.165, 1.54) is 6.33 Å². The number of ether oxygens (including phenoxy) is 5. The van der Waals surface area contributed by atoms with Gasteiger partial charge in [0, 0.05) is 0 Å². The standard InChI is InChI=1S/C54H69N7O9PSi/c1-13-66-71(61(33-55,36(2)3)37(4)5)69-48-46(70-72(11,12)53(6,7)8)47(68-52(48)60-35-59-45-50(56)57-34-58-51(45)60)49(67-44(62)32-65-43-22-18-15-19-23-43)54(38-20-16-14-17-21-38,39-24-28-41(63-9)29-25-39)40-26-30-42(64-10)31-27-40/h14-31,34-37,46-49,52H,13,32H2,1-12H3,(H2,56,57,58)/q+1/t46-,47+,48-,49?,52-,71?/m1/s1. The molecule has 1 aliphatic rings. The smallest absolute Gasteiger partial charge is 0.435 e. The molecule has 2 N–H and O–H groups in total. The number of para-hydroxylation sites is 1. The van der Waals surface area contributed by atoms with Crippen LogP contribution in [0.15, 0.2) is 122 Å². The Kier molecular flexibility index (Phi) is 16.8. The first-order valence-corrected chi connectivity index (χ1v) is 28.3. The van der Waals surface area contributed by atoms with E-state index in [-0.39, 0.29) is 33.8 Å². The maximum Gasteiger partial charge on any atom is 0.435 e. The van der Waals surface area contributed by atoms with Gasteiger partial charge in [0.2, 0.25) is 0 Å². The Morgan fingerprint density at radius 1 is 0.819 bits per heavy atom. The van der Waals surface area contributed by atoms with E-state index in [4.69, 9.17) is 47.9 Å². The van der Waals surface area contributed by atoms with E-state index >= 15 is 4.79 Å². The summed E-state index contributed by atoms with van der Waals surface area (Å²) in [6, 6.07) is 33.9. The van der Waals surface area contributed by atoms with Crippen molar-refractivity contribution in [2.24, 2.45) is 0 Å². The van der Waals surface area contributed by atoms with Crippen molar-refractivity contribution in [1.82, 2.24) is 19.5 Å². The molecule has 1 aliphatic heterocycles. The van der Waals surface area contributed by atoms with Crippen LogP contribution in [0.3, 0.4) is 0 Å². The fourth-order valence-corrected chi connectivity index (χ4v) is 12.4. The molecule has 4 aromatic carbocycles. The molecule has 6 atom stereocenters. The van der Waals surface area contributed by atoms with Gasteiger partial charge in [-0.15, -0.1) is 5.26 Å². The number of esters is 1. The lowest BCUT2D eigenvalue weighted by molar-refractivity contribution is -0.798. The maximum absolute atomic E-state index is 15.1. The number of nitrogen functional groups attached to an aromatic ring is 1. The number of methoxy groups -OCH3 is 2. The molecular weight excluding hydrogens is 950 g/mol. The van der Waals surface area contributed by atoms with Crippen molar-refractivity contribution >= 4 is 39.8 Å². The fraction of sp³-hybridized carbons (Fsp3) is 0.426. The lowest BCUT2D eigenvalue weighted by Crippen LogP contribution is -2.58. The third kappa shape index (κ3) is 10.5. The Labute approximate surface area is 426 Å². The molecule has 0 aliphatic carbocycles. The van der Waals surface area contributed by atoms with Gasteiger partial charge >= 0.3 is 20.7 Å². The highest BCUT2D eigenvalue weighted by Gasteiger charge is 2.63. The number of anilines is 1. The quantitative estimate of drug-likeness (QED) is 0.0236. The molecule has 2 aromatic heterocycles. The number of nitriles is 1. The lowest BCUT2D eigenvalue weighted by atomic mass is 9.64. The minimum atomic E-state index is -2.90. The Morgan fingerprint density at radius 3 is 1.89 bits per heavy atom. The summed E-state index contributed by atoms with van der Waals surface area (Å²) in [5, 5.41) is 10.9. The molecule has 0 amide bonds. The second-order valence-electron chi connectivity index (χ2n) is 19.8. The van der Waals surface area contributed by atoms with Crippen LogP contribution in [-0.4, -0.2) is 102 Å². The van der Waals surface area contributed by atoms with Crippen molar-refractivity contribution in [2.45, 2.75) is 122 Å². The van der Waals surface area contributed by atoms with Gasteiger partial charge in [0.15, 0.2) is 32.6 Å². The van der Waals surface area contributed by atoms with Crippen LogP contribution < -0.4 is 19.9 Å². The Balaban J connectivity index is 1.59. The molecule has 3 heterocycles. The predicted molar refractivity (Wildman–Crippen MR) is 279 cm³/mol. The average Bonchev–Trinajstić information content (AvgIpc) is 3.95. The van der Waals surface area contributed by atoms with Gasteiger partial charge in [-0.2, -0.15) is 4.25 Å². The monoisotopic (exact) mass is 1020 g/mol. The number of hydrogen-bond donors (Lipinski definition) is 1. The second kappa shape index (κ2) is 22.4. The highest BCUT2D eigenvalue weighted by Crippen LogP contribution is 2.59. The molecular formula is C54H69N7O9PSi+. The van der Waals surface area contributed by atoms with Crippen molar-refractivity contribution < 1.29 is 46.2 Å². The van der Waals surface area contributed by atoms with E-state index in [0.29, 0.717) is 28.4 Å². The Hall–Kier alpha value is -5.96. The summed E-state index contributed by atoms with van der Waals surface area (Å²) in [5.41, 5.74) is 8.02. The normalized spacial score (nSPS) is 18.5. The summed E-state index contributed by atoms with van der Waals surface area (Å²) in [4.78, 5) is 28.7. The molecule has 7 rings (SSSR count). The number of quaternary nitrogens is 1. The number of carbonyl (C=O) groups excluding carboxylic acids is 1. The van der Waals surface area contributed by atoms with Crippen LogP contribution in [0.4, 0.5) is 5.82 Å². The molecule has 1 fully saturated rings. The van der Waals surface area contributed by atoms with Gasteiger partial charge in [0.05, 0.1) is 32.6 Å². The highest BCUT2D eigenvalue weighted by atomic mass is 31.2. The van der Waals surface area contributed by atoms with Gasteiger partial charge in [-0.05, 0) is 106 Å². The predicted octanol–water partition coefficient (Wildman–Crippen LogP) is 10.5. The largest absolute Gasteiger partial charge is 0.497 e. The number of hydrogen-bond acceptors (Lipinski definition) is 14. The molecule has 0 spiro atoms. The van der Waals surface area contributed by atoms with Gasteiger partial charge in [-0.25, -0.2) is 19.7 Å². The van der Waals surface area contributed by atoms with Crippen LogP contribution in [-0.2, 0) is 33.2 Å². The van der Waals surface area contributed by atoms with Gasteiger partial charge in [0.1, 0.15) is 65.6 Å². The zero-order valence-electron chi connectivity index (χ0n) is 43.4. The second-order valence-corrected chi connectivity index (χ2v) is 26.2. The molecule has 0 bridgehead atoms. The Bertz CT molecular complexity index is 2710. The molecule has 72 heavy (non-hydrogen) atoms. The van der Waals surface area contributed by atoms with Crippen molar-refractivity contribution in [3.05, 3.63) is 139 Å². The van der Waals surface area contributed by atoms with E-state index in [2.05, 4.69) is 50.0 Å². The Morgan fingerprint density at radius 2 is 1.38 bits per heavy atom. The van der Waals surface area contributed by atoms with Crippen molar-refractivity contribution in [3.63, 3.8) is 0 Å². The number of carbonyl (C=O) groups is 1. The third-order valence-electron chi connectivity index (χ3n) is 14.0. The molecule has 18 heteroatoms. The van der Waals surface area contributed by atoms with Crippen LogP contribution >= 0.6 is 8.53 Å². The summed E-state index contributed by atoms with van der Waals surface area (Å²) >= 11 is 0. The van der Waals surface area contributed by atoms with Gasteiger partial charge < -0.3 is 33.8 Å². The van der Waals surface area contributed by atoms with Crippen LogP contribution in [0.1, 0.15) is 78.3 Å². The highest BCUT2D eigenvalue weighted by molar-refractivity contribution is 7.41. The molecule has 1 saturated heterocycles. The fourth-order valence-electron chi connectivity index (χ4n) is 9.25. The van der Waals surface area contributed by atoms with Gasteiger partial charge in [-0.3, -0.25) is 13.6 Å². The zero-order valence-corrected chi connectivity index (χ0v) is 45.3. The minimum Gasteiger partial charge on any atom is -0.497 e. The van der Waals surface area contributed by atoms with E-state index in [9.17, 15) is 5.26 Å². The van der Waals surface area contributed by atoms with E-state index in [1.807, 2.05) is 132 Å². The lowest BCUT2D eigenvalue weighted by Gasteiger charge is -2.47. The van der Waals surface area contributed by atoms with Crippen LogP contribution in [0.5, 0.6) is 17.2 Å². The zero-order chi connectivity index (χ0) is 52.0. The molecule has 2 unspecified atom stereocenters. The minimum absolute atomic E-state index is 0.170. The van der Waals surface area contributed by atoms with Gasteiger partial charge in [-0.1, -0.05) is 93.6 Å². The molecule has 0 radical (unpaired) electrons. The van der Waals surface area contributed by atoms with Crippen LogP contribution in [0, 0.1) is 11.5 Å². The third-order valence-corrected chi connectivity index (χ3v) is 20.9. The molecule has 0 saturated carbocycles. The van der Waals surface area contributed by atoms with Crippen LogP contribution in [0.2, 0.25) is 18.1 Å². The number of benzene rings is 4. The average molecular weight is 1020 g/mol. The number of nitrogens with zero attached hydrogens (tertiary/aromatic N) is 6. The van der Waals surface area contributed by atoms with E-state index < -0.39 is 65.5 Å². The van der Waals surface area contributed by atoms with Gasteiger partial charge in [0.25, 0.3) is 0 Å². The van der Waals surface area contributed by atoms with Crippen LogP contribution in [0.25, 0.3) is 11.2 Å². The number of nitrogens with two attached hydrogens (primary N) is 1. The number of imidazole rings is 1. The number of rotatable bonds is 21.